The van der Waals surface area contributed by atoms with E-state index >= 15 is 0 Å². The van der Waals surface area contributed by atoms with Gasteiger partial charge in [-0.25, -0.2) is 4.79 Å². The van der Waals surface area contributed by atoms with Gasteiger partial charge in [-0.15, -0.1) is 0 Å². The van der Waals surface area contributed by atoms with Crippen molar-refractivity contribution in [2.75, 3.05) is 26.3 Å². The van der Waals surface area contributed by atoms with Crippen molar-refractivity contribution in [2.45, 2.75) is 53.1 Å². The normalized spacial score (nSPS) is 22.2. The smallest absolute Gasteiger partial charge is 0.410 e. The van der Waals surface area contributed by atoms with E-state index in [2.05, 4.69) is 0 Å². The summed E-state index contributed by atoms with van der Waals surface area (Å²) in [5.41, 5.74) is -1.50. The van der Waals surface area contributed by atoms with E-state index in [-0.39, 0.29) is 6.54 Å². The van der Waals surface area contributed by atoms with Crippen LogP contribution in [0.5, 0.6) is 0 Å². The van der Waals surface area contributed by atoms with Gasteiger partial charge in [0.15, 0.2) is 0 Å². The number of amides is 1. The van der Waals surface area contributed by atoms with Crippen LogP contribution in [0.2, 0.25) is 0 Å². The van der Waals surface area contributed by atoms with Gasteiger partial charge in [0.2, 0.25) is 0 Å². The molecule has 22 heavy (non-hydrogen) atoms. The van der Waals surface area contributed by atoms with Crippen LogP contribution in [0.1, 0.15) is 47.5 Å². The lowest BCUT2D eigenvalue weighted by atomic mass is 9.84. The van der Waals surface area contributed by atoms with Crippen LogP contribution in [0.4, 0.5) is 4.79 Å². The summed E-state index contributed by atoms with van der Waals surface area (Å²) in [6.07, 6.45) is 0.403. The van der Waals surface area contributed by atoms with Crippen LogP contribution in [0.15, 0.2) is 0 Å². The molecular formula is C16H29NO5. The van der Waals surface area contributed by atoms with E-state index in [1.54, 1.807) is 20.8 Å². The van der Waals surface area contributed by atoms with E-state index < -0.39 is 23.1 Å². The zero-order valence-corrected chi connectivity index (χ0v) is 14.3. The number of hydrogen-bond acceptors (Lipinski definition) is 4. The largest absolute Gasteiger partial charge is 0.481 e. The van der Waals surface area contributed by atoms with E-state index in [1.807, 2.05) is 13.8 Å². The van der Waals surface area contributed by atoms with Crippen LogP contribution in [0, 0.1) is 11.3 Å². The number of rotatable bonds is 6. The van der Waals surface area contributed by atoms with Gasteiger partial charge in [0.25, 0.3) is 0 Å². The number of hydrogen-bond donors (Lipinski definition) is 1. The first-order valence-corrected chi connectivity index (χ1v) is 7.85. The molecular weight excluding hydrogens is 286 g/mol. The zero-order valence-electron chi connectivity index (χ0n) is 14.3. The molecule has 0 bridgehead atoms. The molecule has 0 aromatic carbocycles. The number of carboxylic acids is 1. The summed E-state index contributed by atoms with van der Waals surface area (Å²) >= 11 is 0. The molecule has 1 atom stereocenters. The molecule has 1 N–H and O–H groups in total. The third-order valence-electron chi connectivity index (χ3n) is 3.64. The van der Waals surface area contributed by atoms with Gasteiger partial charge in [0.1, 0.15) is 5.60 Å². The van der Waals surface area contributed by atoms with Crippen molar-refractivity contribution in [3.63, 3.8) is 0 Å². The summed E-state index contributed by atoms with van der Waals surface area (Å²) < 4.78 is 10.8. The van der Waals surface area contributed by atoms with Gasteiger partial charge in [-0.1, -0.05) is 13.8 Å². The highest BCUT2D eigenvalue weighted by Crippen LogP contribution is 2.35. The van der Waals surface area contributed by atoms with Gasteiger partial charge < -0.3 is 19.5 Å². The van der Waals surface area contributed by atoms with Crippen molar-refractivity contribution in [1.29, 1.82) is 0 Å². The first-order valence-electron chi connectivity index (χ1n) is 7.85. The van der Waals surface area contributed by atoms with Crippen LogP contribution >= 0.6 is 0 Å². The number of ether oxygens (including phenoxy) is 2. The molecule has 1 rings (SSSR count). The molecule has 1 unspecified atom stereocenters. The molecule has 0 spiro atoms. The summed E-state index contributed by atoms with van der Waals surface area (Å²) in [7, 11) is 0. The fraction of sp³-hybridized carbons (Fsp3) is 0.875. The highest BCUT2D eigenvalue weighted by molar-refractivity contribution is 5.78. The Kier molecular flexibility index (Phi) is 6.23. The van der Waals surface area contributed by atoms with Crippen molar-refractivity contribution >= 4 is 12.1 Å². The molecule has 128 valence electrons. The van der Waals surface area contributed by atoms with E-state index in [0.717, 1.165) is 0 Å². The van der Waals surface area contributed by atoms with Gasteiger partial charge >= 0.3 is 12.1 Å². The molecule has 1 fully saturated rings. The lowest BCUT2D eigenvalue weighted by Gasteiger charge is -2.27. The third-order valence-corrected chi connectivity index (χ3v) is 3.64. The summed E-state index contributed by atoms with van der Waals surface area (Å²) in [6.45, 7) is 11.1. The summed E-state index contributed by atoms with van der Waals surface area (Å²) in [6, 6.07) is 0. The minimum atomic E-state index is -0.923. The molecule has 0 saturated carbocycles. The number of carbonyl (C=O) groups is 2. The fourth-order valence-electron chi connectivity index (χ4n) is 2.43. The molecule has 0 radical (unpaired) electrons. The quantitative estimate of drug-likeness (QED) is 0.763. The number of nitrogens with zero attached hydrogens (tertiary/aromatic N) is 1. The minimum Gasteiger partial charge on any atom is -0.481 e. The van der Waals surface area contributed by atoms with Crippen molar-refractivity contribution < 1.29 is 24.2 Å². The Morgan fingerprint density at radius 1 is 1.32 bits per heavy atom. The van der Waals surface area contributed by atoms with Crippen LogP contribution in [-0.4, -0.2) is 54.0 Å². The number of carbonyl (C=O) groups excluding carboxylic acids is 1. The SMILES string of the molecule is CC(C)COCCC1(C(=O)O)CCN(C(=O)OC(C)(C)C)C1. The number of aliphatic carboxylic acids is 1. The lowest BCUT2D eigenvalue weighted by Crippen LogP contribution is -2.40. The second-order valence-electron chi connectivity index (χ2n) is 7.46. The lowest BCUT2D eigenvalue weighted by molar-refractivity contribution is -0.149. The second-order valence-corrected chi connectivity index (χ2v) is 7.46. The van der Waals surface area contributed by atoms with Gasteiger partial charge in [0.05, 0.1) is 5.41 Å². The number of likely N-dealkylation sites (tertiary alicyclic amines) is 1. The Balaban J connectivity index is 2.59. The van der Waals surface area contributed by atoms with E-state index in [4.69, 9.17) is 9.47 Å². The fourth-order valence-corrected chi connectivity index (χ4v) is 2.43. The molecule has 0 aromatic rings. The standard InChI is InChI=1S/C16H29NO5/c1-12(2)10-21-9-7-16(13(18)19)6-8-17(11-16)14(20)22-15(3,4)5/h12H,6-11H2,1-5H3,(H,18,19). The summed E-state index contributed by atoms with van der Waals surface area (Å²) in [5.74, 6) is -0.450. The van der Waals surface area contributed by atoms with Crippen molar-refractivity contribution in [3.05, 3.63) is 0 Å². The predicted molar refractivity (Wildman–Crippen MR) is 82.8 cm³/mol. The van der Waals surface area contributed by atoms with Crippen LogP contribution in [0.3, 0.4) is 0 Å². The molecule has 1 saturated heterocycles. The Bertz CT molecular complexity index is 402. The first-order chi connectivity index (χ1) is 10.1. The Morgan fingerprint density at radius 2 is 1.95 bits per heavy atom. The molecule has 6 nitrogen and oxygen atoms in total. The van der Waals surface area contributed by atoms with Crippen LogP contribution in [-0.2, 0) is 14.3 Å². The molecule has 1 amide bonds. The Labute approximate surface area is 132 Å². The molecule has 6 heteroatoms. The number of carboxylic acid groups (broad SMARTS) is 1. The maximum Gasteiger partial charge on any atom is 0.410 e. The van der Waals surface area contributed by atoms with Crippen molar-refractivity contribution in [2.24, 2.45) is 11.3 Å². The van der Waals surface area contributed by atoms with Crippen LogP contribution < -0.4 is 0 Å². The monoisotopic (exact) mass is 315 g/mol. The highest BCUT2D eigenvalue weighted by atomic mass is 16.6. The third kappa shape index (κ3) is 5.48. The Morgan fingerprint density at radius 3 is 2.45 bits per heavy atom. The highest BCUT2D eigenvalue weighted by Gasteiger charge is 2.46. The average molecular weight is 315 g/mol. The van der Waals surface area contributed by atoms with Crippen molar-refractivity contribution in [1.82, 2.24) is 4.90 Å². The molecule has 1 aliphatic heterocycles. The van der Waals surface area contributed by atoms with E-state index in [0.29, 0.717) is 38.5 Å². The minimum absolute atomic E-state index is 0.183. The van der Waals surface area contributed by atoms with Crippen LogP contribution in [0.25, 0.3) is 0 Å². The topological polar surface area (TPSA) is 76.1 Å². The molecule has 0 aromatic heterocycles. The maximum absolute atomic E-state index is 12.1. The molecule has 1 aliphatic rings. The summed E-state index contributed by atoms with van der Waals surface area (Å²) in [5, 5.41) is 9.57. The Hall–Kier alpha value is -1.30. The average Bonchev–Trinajstić information content (AvgIpc) is 2.78. The maximum atomic E-state index is 12.1. The second kappa shape index (κ2) is 7.31. The van der Waals surface area contributed by atoms with E-state index in [9.17, 15) is 14.7 Å². The van der Waals surface area contributed by atoms with E-state index in [1.165, 1.54) is 4.90 Å². The first kappa shape index (κ1) is 18.7. The van der Waals surface area contributed by atoms with Gasteiger partial charge in [-0.3, -0.25) is 4.79 Å². The summed E-state index contributed by atoms with van der Waals surface area (Å²) in [4.78, 5) is 25.2. The van der Waals surface area contributed by atoms with Gasteiger partial charge in [0, 0.05) is 26.3 Å². The molecule has 0 aliphatic carbocycles. The van der Waals surface area contributed by atoms with Gasteiger partial charge in [-0.05, 0) is 39.5 Å². The van der Waals surface area contributed by atoms with Gasteiger partial charge in [-0.2, -0.15) is 0 Å². The van der Waals surface area contributed by atoms with Crippen molar-refractivity contribution in [3.8, 4) is 0 Å². The predicted octanol–water partition coefficient (Wildman–Crippen LogP) is 2.76. The zero-order chi connectivity index (χ0) is 17.0. The molecule has 1 heterocycles.